The summed E-state index contributed by atoms with van der Waals surface area (Å²) in [6, 6.07) is 10.4. The average molecular weight is 199 g/mol. The second-order valence-electron chi connectivity index (χ2n) is 3.49. The van der Waals surface area contributed by atoms with Crippen molar-refractivity contribution in [2.75, 3.05) is 7.05 Å². The van der Waals surface area contributed by atoms with Crippen LogP contribution in [0.15, 0.2) is 30.5 Å². The molecule has 15 heavy (non-hydrogen) atoms. The maximum atomic E-state index is 8.74. The van der Waals surface area contributed by atoms with Crippen LogP contribution >= 0.6 is 0 Å². The van der Waals surface area contributed by atoms with Gasteiger partial charge in [0.05, 0.1) is 12.5 Å². The molecule has 0 saturated carbocycles. The van der Waals surface area contributed by atoms with Crippen LogP contribution in [0.25, 0.3) is 10.9 Å². The number of rotatable bonds is 3. The number of aromatic amines is 1. The molecule has 1 atom stereocenters. The Morgan fingerprint density at radius 1 is 1.47 bits per heavy atom. The van der Waals surface area contributed by atoms with Gasteiger partial charge in [0.25, 0.3) is 0 Å². The number of nitrogens with zero attached hydrogens (tertiary/aromatic N) is 1. The fraction of sp³-hybridized carbons (Fsp3) is 0.250. The van der Waals surface area contributed by atoms with Crippen molar-refractivity contribution in [2.45, 2.75) is 12.5 Å². The molecule has 2 aromatic rings. The molecule has 0 spiro atoms. The predicted molar refractivity (Wildman–Crippen MR) is 60.3 cm³/mol. The maximum Gasteiger partial charge on any atom is 0.0641 e. The van der Waals surface area contributed by atoms with E-state index in [-0.39, 0.29) is 6.04 Å². The van der Waals surface area contributed by atoms with Gasteiger partial charge in [-0.25, -0.2) is 0 Å². The molecule has 2 N–H and O–H groups in total. The molecule has 0 aliphatic heterocycles. The van der Waals surface area contributed by atoms with E-state index in [4.69, 9.17) is 5.26 Å². The number of H-pyrrole nitrogens is 1. The Bertz CT molecular complexity index is 493. The van der Waals surface area contributed by atoms with E-state index in [1.165, 1.54) is 5.39 Å². The number of hydrogen-bond donors (Lipinski definition) is 2. The minimum absolute atomic E-state index is 0.103. The molecule has 0 bridgehead atoms. The lowest BCUT2D eigenvalue weighted by molar-refractivity contribution is 0.613. The summed E-state index contributed by atoms with van der Waals surface area (Å²) in [6.45, 7) is 0. The van der Waals surface area contributed by atoms with Gasteiger partial charge in [0, 0.05) is 23.1 Å². The van der Waals surface area contributed by atoms with E-state index in [0.29, 0.717) is 6.42 Å². The Labute approximate surface area is 88.7 Å². The van der Waals surface area contributed by atoms with Crippen molar-refractivity contribution < 1.29 is 0 Å². The molecular formula is C12H13N3. The monoisotopic (exact) mass is 199 g/mol. The van der Waals surface area contributed by atoms with Crippen LogP contribution in [0, 0.1) is 11.3 Å². The van der Waals surface area contributed by atoms with Crippen LogP contribution in [0.4, 0.5) is 0 Å². The van der Waals surface area contributed by atoms with E-state index < -0.39 is 0 Å². The number of aromatic nitrogens is 1. The molecule has 1 aromatic heterocycles. The molecule has 0 amide bonds. The molecule has 0 aliphatic rings. The number of fused-ring (bicyclic) bond motifs is 1. The van der Waals surface area contributed by atoms with Crippen LogP contribution < -0.4 is 5.32 Å². The third-order valence-electron chi connectivity index (χ3n) is 2.64. The fourth-order valence-corrected chi connectivity index (χ4v) is 1.84. The second kappa shape index (κ2) is 4.16. The van der Waals surface area contributed by atoms with Crippen molar-refractivity contribution in [1.82, 2.24) is 10.3 Å². The van der Waals surface area contributed by atoms with Crippen molar-refractivity contribution in [1.29, 1.82) is 5.26 Å². The molecule has 3 nitrogen and oxygen atoms in total. The summed E-state index contributed by atoms with van der Waals surface area (Å²) in [5, 5.41) is 13.1. The number of benzene rings is 1. The van der Waals surface area contributed by atoms with Gasteiger partial charge in [0.15, 0.2) is 0 Å². The molecule has 0 fully saturated rings. The Kier molecular flexibility index (Phi) is 2.70. The summed E-state index contributed by atoms with van der Waals surface area (Å²) in [7, 11) is 1.88. The standard InChI is InChI=1S/C12H13N3/c1-14-11(6-7-13)10-8-15-12-5-3-2-4-9(10)12/h2-5,8,11,14-15H,6H2,1H3. The van der Waals surface area contributed by atoms with Gasteiger partial charge >= 0.3 is 0 Å². The molecule has 3 heteroatoms. The van der Waals surface area contributed by atoms with Crippen LogP contribution in [0.1, 0.15) is 18.0 Å². The third kappa shape index (κ3) is 1.72. The van der Waals surface area contributed by atoms with Crippen molar-refractivity contribution in [3.05, 3.63) is 36.0 Å². The van der Waals surface area contributed by atoms with Gasteiger partial charge in [-0.15, -0.1) is 0 Å². The van der Waals surface area contributed by atoms with Crippen LogP contribution in [-0.4, -0.2) is 12.0 Å². The Morgan fingerprint density at radius 3 is 3.00 bits per heavy atom. The topological polar surface area (TPSA) is 51.6 Å². The zero-order valence-corrected chi connectivity index (χ0v) is 8.62. The second-order valence-corrected chi connectivity index (χ2v) is 3.49. The largest absolute Gasteiger partial charge is 0.361 e. The summed E-state index contributed by atoms with van der Waals surface area (Å²) in [5.41, 5.74) is 2.28. The first-order chi connectivity index (χ1) is 7.36. The summed E-state index contributed by atoms with van der Waals surface area (Å²) in [5.74, 6) is 0. The molecule has 1 unspecified atom stereocenters. The molecule has 0 aliphatic carbocycles. The van der Waals surface area contributed by atoms with E-state index in [1.807, 2.05) is 31.4 Å². The van der Waals surface area contributed by atoms with Gasteiger partial charge in [0.1, 0.15) is 0 Å². The van der Waals surface area contributed by atoms with Crippen molar-refractivity contribution in [3.8, 4) is 6.07 Å². The molecule has 76 valence electrons. The van der Waals surface area contributed by atoms with Gasteiger partial charge < -0.3 is 10.3 Å². The molecule has 0 radical (unpaired) electrons. The van der Waals surface area contributed by atoms with E-state index in [2.05, 4.69) is 22.4 Å². The van der Waals surface area contributed by atoms with Gasteiger partial charge in [-0.2, -0.15) is 5.26 Å². The summed E-state index contributed by atoms with van der Waals surface area (Å²) >= 11 is 0. The minimum Gasteiger partial charge on any atom is -0.361 e. The highest BCUT2D eigenvalue weighted by Crippen LogP contribution is 2.25. The Hall–Kier alpha value is -1.79. The summed E-state index contributed by atoms with van der Waals surface area (Å²) < 4.78 is 0. The third-order valence-corrected chi connectivity index (χ3v) is 2.64. The molecule has 1 aromatic carbocycles. The van der Waals surface area contributed by atoms with Crippen LogP contribution in [0.2, 0.25) is 0 Å². The highest BCUT2D eigenvalue weighted by atomic mass is 14.9. The molecule has 2 rings (SSSR count). The first kappa shape index (κ1) is 9.75. The van der Waals surface area contributed by atoms with Gasteiger partial charge in [-0.1, -0.05) is 18.2 Å². The van der Waals surface area contributed by atoms with Crippen molar-refractivity contribution in [2.24, 2.45) is 0 Å². The number of hydrogen-bond acceptors (Lipinski definition) is 2. The highest BCUT2D eigenvalue weighted by molar-refractivity contribution is 5.83. The first-order valence-corrected chi connectivity index (χ1v) is 4.97. The zero-order valence-electron chi connectivity index (χ0n) is 8.62. The van der Waals surface area contributed by atoms with Gasteiger partial charge in [-0.3, -0.25) is 0 Å². The maximum absolute atomic E-state index is 8.74. The molecular weight excluding hydrogens is 186 g/mol. The van der Waals surface area contributed by atoms with E-state index in [1.54, 1.807) is 0 Å². The van der Waals surface area contributed by atoms with Crippen LogP contribution in [0.3, 0.4) is 0 Å². The van der Waals surface area contributed by atoms with E-state index >= 15 is 0 Å². The summed E-state index contributed by atoms with van der Waals surface area (Å²) in [6.07, 6.45) is 2.46. The van der Waals surface area contributed by atoms with Gasteiger partial charge in [-0.05, 0) is 18.7 Å². The average Bonchev–Trinajstić information content (AvgIpc) is 2.70. The lowest BCUT2D eigenvalue weighted by atomic mass is 10.0. The first-order valence-electron chi connectivity index (χ1n) is 4.97. The number of nitrogens with one attached hydrogen (secondary N) is 2. The Balaban J connectivity index is 2.47. The SMILES string of the molecule is CNC(CC#N)c1c[nH]c2ccccc12. The van der Waals surface area contributed by atoms with Gasteiger partial charge in [0.2, 0.25) is 0 Å². The van der Waals surface area contributed by atoms with E-state index in [9.17, 15) is 0 Å². The van der Waals surface area contributed by atoms with E-state index in [0.717, 1.165) is 11.1 Å². The smallest absolute Gasteiger partial charge is 0.0641 e. The lowest BCUT2D eigenvalue weighted by Crippen LogP contribution is -2.15. The highest BCUT2D eigenvalue weighted by Gasteiger charge is 2.12. The van der Waals surface area contributed by atoms with Crippen LogP contribution in [0.5, 0.6) is 0 Å². The Morgan fingerprint density at radius 2 is 2.27 bits per heavy atom. The van der Waals surface area contributed by atoms with Crippen molar-refractivity contribution in [3.63, 3.8) is 0 Å². The summed E-state index contributed by atoms with van der Waals surface area (Å²) in [4.78, 5) is 3.21. The molecule has 0 saturated heterocycles. The normalized spacial score (nSPS) is 12.5. The fourth-order valence-electron chi connectivity index (χ4n) is 1.84. The predicted octanol–water partition coefficient (Wildman–Crippen LogP) is 2.34. The quantitative estimate of drug-likeness (QED) is 0.797. The number of para-hydroxylation sites is 1. The van der Waals surface area contributed by atoms with Crippen molar-refractivity contribution >= 4 is 10.9 Å². The zero-order chi connectivity index (χ0) is 10.7. The number of nitriles is 1. The van der Waals surface area contributed by atoms with Crippen LogP contribution in [-0.2, 0) is 0 Å². The lowest BCUT2D eigenvalue weighted by Gasteiger charge is -2.10. The molecule has 1 heterocycles. The minimum atomic E-state index is 0.103.